The molecule has 0 bridgehead atoms. The summed E-state index contributed by atoms with van der Waals surface area (Å²) in [6.45, 7) is 0.595. The molecule has 1 saturated carbocycles. The minimum Gasteiger partial charge on any atom is -0.393 e. The number of anilines is 2. The molecule has 1 aromatic rings. The normalized spacial score (nSPS) is 22.1. The van der Waals surface area contributed by atoms with Crippen molar-refractivity contribution in [1.29, 1.82) is 0 Å². The summed E-state index contributed by atoms with van der Waals surface area (Å²) in [6, 6.07) is 2.99. The lowest BCUT2D eigenvalue weighted by molar-refractivity contribution is -0.384. The summed E-state index contributed by atoms with van der Waals surface area (Å²) < 4.78 is 0. The number of hydrogen-bond donors (Lipinski definition) is 3. The first-order valence-electron chi connectivity index (χ1n) is 5.85. The van der Waals surface area contributed by atoms with E-state index in [0.717, 1.165) is 12.8 Å². The highest BCUT2D eigenvalue weighted by Crippen LogP contribution is 2.29. The molecule has 7 heteroatoms. The number of nitrogens with one attached hydrogen (secondary N) is 2. The average molecular weight is 252 g/mol. The molecule has 1 aromatic heterocycles. The number of nitro groups is 1. The molecule has 2 rings (SSSR count). The molecular formula is C11H16N4O3. The number of aliphatic hydroxyl groups is 1. The third kappa shape index (κ3) is 2.67. The zero-order chi connectivity index (χ0) is 13.1. The summed E-state index contributed by atoms with van der Waals surface area (Å²) in [5, 5.41) is 25.9. The number of aliphatic hydroxyl groups excluding tert-OH is 1. The summed E-state index contributed by atoms with van der Waals surface area (Å²) in [5.74, 6) is 1.21. The van der Waals surface area contributed by atoms with E-state index in [4.69, 9.17) is 0 Å². The lowest BCUT2D eigenvalue weighted by Crippen LogP contribution is -2.33. The largest absolute Gasteiger partial charge is 0.393 e. The Labute approximate surface area is 104 Å². The van der Waals surface area contributed by atoms with E-state index in [2.05, 4.69) is 15.6 Å². The Kier molecular flexibility index (Phi) is 3.61. The van der Waals surface area contributed by atoms with Crippen LogP contribution in [0.3, 0.4) is 0 Å². The fourth-order valence-electron chi connectivity index (χ4n) is 1.98. The van der Waals surface area contributed by atoms with Gasteiger partial charge < -0.3 is 15.7 Å². The molecule has 1 aliphatic carbocycles. The second kappa shape index (κ2) is 5.18. The second-order valence-electron chi connectivity index (χ2n) is 4.44. The average Bonchev–Trinajstić information content (AvgIpc) is 2.32. The van der Waals surface area contributed by atoms with Gasteiger partial charge in [-0.1, -0.05) is 0 Å². The van der Waals surface area contributed by atoms with E-state index in [-0.39, 0.29) is 17.6 Å². The molecule has 98 valence electrons. The fraction of sp³-hybridized carbons (Fsp3) is 0.545. The summed E-state index contributed by atoms with van der Waals surface area (Å²) in [5.41, 5.74) is -0.0335. The Hall–Kier alpha value is -1.89. The molecule has 0 aromatic carbocycles. The summed E-state index contributed by atoms with van der Waals surface area (Å²) in [4.78, 5) is 14.5. The van der Waals surface area contributed by atoms with Crippen molar-refractivity contribution < 1.29 is 10.0 Å². The number of rotatable bonds is 5. The molecule has 1 aliphatic rings. The minimum absolute atomic E-state index is 0.0335. The minimum atomic E-state index is -0.454. The summed E-state index contributed by atoms with van der Waals surface area (Å²) in [6.07, 6.45) is 1.27. The number of pyridine rings is 1. The smallest absolute Gasteiger partial charge is 0.311 e. The molecule has 0 radical (unpaired) electrons. The third-order valence-corrected chi connectivity index (χ3v) is 3.10. The van der Waals surface area contributed by atoms with Crippen LogP contribution in [0, 0.1) is 16.0 Å². The molecular weight excluding hydrogens is 236 g/mol. The quantitative estimate of drug-likeness (QED) is 0.538. The number of hydrogen-bond acceptors (Lipinski definition) is 6. The highest BCUT2D eigenvalue weighted by Gasteiger charge is 2.27. The van der Waals surface area contributed by atoms with Crippen LogP contribution in [-0.4, -0.2) is 34.7 Å². The van der Waals surface area contributed by atoms with Gasteiger partial charge in [-0.2, -0.15) is 0 Å². The van der Waals surface area contributed by atoms with Crippen LogP contribution in [0.2, 0.25) is 0 Å². The topological polar surface area (TPSA) is 100 Å². The van der Waals surface area contributed by atoms with E-state index < -0.39 is 4.92 Å². The van der Waals surface area contributed by atoms with E-state index in [1.54, 1.807) is 13.1 Å². The molecule has 0 amide bonds. The molecule has 0 unspecified atom stereocenters. The van der Waals surface area contributed by atoms with Crippen LogP contribution in [0.15, 0.2) is 12.1 Å². The zero-order valence-electron chi connectivity index (χ0n) is 10.1. The molecule has 0 spiro atoms. The highest BCUT2D eigenvalue weighted by atomic mass is 16.6. The maximum atomic E-state index is 10.9. The van der Waals surface area contributed by atoms with Gasteiger partial charge in [0.1, 0.15) is 5.82 Å². The van der Waals surface area contributed by atoms with Crippen molar-refractivity contribution in [3.63, 3.8) is 0 Å². The molecule has 1 heterocycles. The van der Waals surface area contributed by atoms with Crippen LogP contribution in [0.4, 0.5) is 17.3 Å². The first kappa shape index (κ1) is 12.6. The van der Waals surface area contributed by atoms with Gasteiger partial charge in [-0.25, -0.2) is 4.98 Å². The first-order valence-corrected chi connectivity index (χ1v) is 5.85. The Balaban J connectivity index is 2.06. The molecule has 0 atom stereocenters. The van der Waals surface area contributed by atoms with E-state index >= 15 is 0 Å². The van der Waals surface area contributed by atoms with Gasteiger partial charge in [0.05, 0.1) is 11.0 Å². The highest BCUT2D eigenvalue weighted by molar-refractivity contribution is 5.60. The molecule has 3 N–H and O–H groups in total. The van der Waals surface area contributed by atoms with E-state index in [1.165, 1.54) is 6.07 Å². The van der Waals surface area contributed by atoms with Crippen molar-refractivity contribution >= 4 is 17.3 Å². The molecule has 1 fully saturated rings. The second-order valence-corrected chi connectivity index (χ2v) is 4.44. The lowest BCUT2D eigenvalue weighted by Gasteiger charge is -2.31. The Morgan fingerprint density at radius 3 is 2.83 bits per heavy atom. The van der Waals surface area contributed by atoms with Gasteiger partial charge in [0.25, 0.3) is 0 Å². The van der Waals surface area contributed by atoms with Gasteiger partial charge in [0.2, 0.25) is 5.82 Å². The van der Waals surface area contributed by atoms with Crippen LogP contribution < -0.4 is 10.6 Å². The molecule has 18 heavy (non-hydrogen) atoms. The van der Waals surface area contributed by atoms with Crippen LogP contribution in [0.25, 0.3) is 0 Å². The maximum absolute atomic E-state index is 10.9. The van der Waals surface area contributed by atoms with Crippen molar-refractivity contribution in [1.82, 2.24) is 4.98 Å². The Morgan fingerprint density at radius 2 is 2.28 bits per heavy atom. The molecule has 7 nitrogen and oxygen atoms in total. The van der Waals surface area contributed by atoms with Crippen molar-refractivity contribution in [2.45, 2.75) is 18.9 Å². The maximum Gasteiger partial charge on any atom is 0.311 e. The predicted octanol–water partition coefficient (Wildman–Crippen LogP) is 1.21. The Bertz CT molecular complexity index is 446. The zero-order valence-corrected chi connectivity index (χ0v) is 10.1. The standard InChI is InChI=1S/C11H16N4O3/c1-12-10-3-2-9(15(17)18)11(14-10)13-6-7-4-8(16)5-7/h2-3,7-8,16H,4-6H2,1H3,(H2,12,13,14). The molecule has 0 aliphatic heterocycles. The van der Waals surface area contributed by atoms with Crippen LogP contribution in [0.5, 0.6) is 0 Å². The van der Waals surface area contributed by atoms with Gasteiger partial charge >= 0.3 is 5.69 Å². The predicted molar refractivity (Wildman–Crippen MR) is 67.7 cm³/mol. The number of nitrogens with zero attached hydrogens (tertiary/aromatic N) is 2. The lowest BCUT2D eigenvalue weighted by atomic mass is 9.82. The summed E-state index contributed by atoms with van der Waals surface area (Å²) in [7, 11) is 1.71. The van der Waals surface area contributed by atoms with Gasteiger partial charge in [-0.15, -0.1) is 0 Å². The van der Waals surface area contributed by atoms with Gasteiger partial charge in [0, 0.05) is 19.7 Å². The summed E-state index contributed by atoms with van der Waals surface area (Å²) >= 11 is 0. The van der Waals surface area contributed by atoms with Gasteiger partial charge in [-0.3, -0.25) is 10.1 Å². The van der Waals surface area contributed by atoms with E-state index in [1.807, 2.05) is 0 Å². The third-order valence-electron chi connectivity index (χ3n) is 3.10. The first-order chi connectivity index (χ1) is 8.60. The number of aromatic nitrogens is 1. The van der Waals surface area contributed by atoms with Crippen molar-refractivity contribution in [3.05, 3.63) is 22.2 Å². The SMILES string of the molecule is CNc1ccc([N+](=O)[O-])c(NCC2CC(O)C2)n1. The van der Waals surface area contributed by atoms with Crippen LogP contribution in [0.1, 0.15) is 12.8 Å². The van der Waals surface area contributed by atoms with Gasteiger partial charge in [-0.05, 0) is 24.8 Å². The van der Waals surface area contributed by atoms with E-state index in [0.29, 0.717) is 18.3 Å². The van der Waals surface area contributed by atoms with Gasteiger partial charge in [0.15, 0.2) is 0 Å². The van der Waals surface area contributed by atoms with Crippen LogP contribution >= 0.6 is 0 Å². The van der Waals surface area contributed by atoms with Crippen LogP contribution in [-0.2, 0) is 0 Å². The van der Waals surface area contributed by atoms with Crippen molar-refractivity contribution in [3.8, 4) is 0 Å². The fourth-order valence-corrected chi connectivity index (χ4v) is 1.98. The monoisotopic (exact) mass is 252 g/mol. The van der Waals surface area contributed by atoms with Crippen molar-refractivity contribution in [2.75, 3.05) is 24.2 Å². The van der Waals surface area contributed by atoms with E-state index in [9.17, 15) is 15.2 Å². The Morgan fingerprint density at radius 1 is 1.56 bits per heavy atom. The molecule has 0 saturated heterocycles. The van der Waals surface area contributed by atoms with Crippen molar-refractivity contribution in [2.24, 2.45) is 5.92 Å².